The van der Waals surface area contributed by atoms with Crippen molar-refractivity contribution in [2.24, 2.45) is 23.7 Å². The molecule has 6 atom stereocenters. The Hall–Kier alpha value is -0.900. The second-order valence-corrected chi connectivity index (χ2v) is 10.1. The van der Waals surface area contributed by atoms with Crippen LogP contribution >= 0.6 is 0 Å². The van der Waals surface area contributed by atoms with Gasteiger partial charge in [-0.1, -0.05) is 51.5 Å². The predicted molar refractivity (Wildman–Crippen MR) is 117 cm³/mol. The Morgan fingerprint density at radius 1 is 1.21 bits per heavy atom. The molecular weight excluding hydrogens is 348 g/mol. The second-order valence-electron chi connectivity index (χ2n) is 10.1. The molecule has 160 valence electrons. The summed E-state index contributed by atoms with van der Waals surface area (Å²) in [6, 6.07) is 0. The van der Waals surface area contributed by atoms with E-state index in [1.54, 1.807) is 0 Å². The zero-order chi connectivity index (χ0) is 20.9. The number of hydrogen-bond acceptors (Lipinski definition) is 3. The topological polar surface area (TPSA) is 60.7 Å². The van der Waals surface area contributed by atoms with Gasteiger partial charge in [0.05, 0.1) is 17.8 Å². The number of aliphatic hydroxyl groups excluding tert-OH is 2. The third kappa shape index (κ3) is 7.17. The van der Waals surface area contributed by atoms with Crippen molar-refractivity contribution < 1.29 is 15.3 Å². The summed E-state index contributed by atoms with van der Waals surface area (Å²) in [6.45, 7) is 12.6. The fraction of sp³-hybridized carbons (Fsp3) is 0.760. The van der Waals surface area contributed by atoms with Gasteiger partial charge in [0.15, 0.2) is 0 Å². The first-order valence-corrected chi connectivity index (χ1v) is 11.2. The lowest BCUT2D eigenvalue weighted by Gasteiger charge is -2.37. The van der Waals surface area contributed by atoms with E-state index in [0.717, 1.165) is 35.8 Å². The Balaban J connectivity index is 1.90. The summed E-state index contributed by atoms with van der Waals surface area (Å²) in [5.41, 5.74) is 1.18. The molecule has 0 amide bonds. The standard InChI is InChI=1S/C25H42O3/c1-17(8-7-13-25(4,5)28)23-14-20(12-11-18(23)2)9-6-10-21-15-22(26)16-24(27)19(21)3/h6,9-10,17-18,20,22-24,26-28H,3,7-8,11-16H2,1-2,4-5H3/b9-6+,21-10-/t17-,18-,20+,22+,23-,24-/m0/s1. The summed E-state index contributed by atoms with van der Waals surface area (Å²) in [7, 11) is 0. The van der Waals surface area contributed by atoms with Gasteiger partial charge in [0.25, 0.3) is 0 Å². The molecule has 28 heavy (non-hydrogen) atoms. The highest BCUT2D eigenvalue weighted by atomic mass is 16.3. The predicted octanol–water partition coefficient (Wildman–Crippen LogP) is 5.17. The molecule has 0 aliphatic heterocycles. The Morgan fingerprint density at radius 2 is 1.93 bits per heavy atom. The van der Waals surface area contributed by atoms with Crippen LogP contribution in [0.5, 0.6) is 0 Å². The maximum atomic E-state index is 9.97. The zero-order valence-electron chi connectivity index (χ0n) is 18.4. The first-order chi connectivity index (χ1) is 13.1. The summed E-state index contributed by atoms with van der Waals surface area (Å²) in [6.07, 6.45) is 13.3. The minimum Gasteiger partial charge on any atom is -0.393 e. The zero-order valence-corrected chi connectivity index (χ0v) is 18.4. The Kier molecular flexibility index (Phi) is 8.54. The van der Waals surface area contributed by atoms with Gasteiger partial charge in [-0.2, -0.15) is 0 Å². The van der Waals surface area contributed by atoms with Gasteiger partial charge < -0.3 is 15.3 Å². The minimum absolute atomic E-state index is 0.396. The molecule has 0 radical (unpaired) electrons. The minimum atomic E-state index is -0.618. The van der Waals surface area contributed by atoms with Gasteiger partial charge >= 0.3 is 0 Å². The maximum Gasteiger partial charge on any atom is 0.0811 e. The molecule has 0 aromatic rings. The third-order valence-corrected chi connectivity index (χ3v) is 6.92. The summed E-state index contributed by atoms with van der Waals surface area (Å²) < 4.78 is 0. The molecule has 0 heterocycles. The van der Waals surface area contributed by atoms with E-state index in [1.165, 1.54) is 25.7 Å². The quantitative estimate of drug-likeness (QED) is 0.562. The summed E-state index contributed by atoms with van der Waals surface area (Å²) in [5.74, 6) is 2.80. The number of aliphatic hydroxyl groups is 3. The highest BCUT2D eigenvalue weighted by molar-refractivity contribution is 5.37. The Bertz CT molecular complexity index is 569. The molecule has 0 aromatic carbocycles. The molecule has 2 aliphatic carbocycles. The van der Waals surface area contributed by atoms with Crippen LogP contribution in [-0.4, -0.2) is 33.1 Å². The van der Waals surface area contributed by atoms with Crippen molar-refractivity contribution in [3.8, 4) is 0 Å². The maximum absolute atomic E-state index is 9.97. The van der Waals surface area contributed by atoms with Crippen molar-refractivity contribution in [3.63, 3.8) is 0 Å². The molecule has 2 saturated carbocycles. The fourth-order valence-corrected chi connectivity index (χ4v) is 5.02. The first kappa shape index (κ1) is 23.4. The molecule has 3 heteroatoms. The van der Waals surface area contributed by atoms with Crippen molar-refractivity contribution in [2.75, 3.05) is 0 Å². The van der Waals surface area contributed by atoms with Crippen LogP contribution in [0.15, 0.2) is 36.0 Å². The molecule has 2 fully saturated rings. The van der Waals surface area contributed by atoms with Gasteiger partial charge in [-0.05, 0) is 80.8 Å². The van der Waals surface area contributed by atoms with Crippen LogP contribution in [-0.2, 0) is 0 Å². The lowest BCUT2D eigenvalue weighted by molar-refractivity contribution is 0.0635. The molecule has 2 aliphatic rings. The Morgan fingerprint density at radius 3 is 2.61 bits per heavy atom. The lowest BCUT2D eigenvalue weighted by Crippen LogP contribution is -2.28. The van der Waals surface area contributed by atoms with E-state index in [4.69, 9.17) is 0 Å². The largest absolute Gasteiger partial charge is 0.393 e. The third-order valence-electron chi connectivity index (χ3n) is 6.92. The highest BCUT2D eigenvalue weighted by Crippen LogP contribution is 2.40. The van der Waals surface area contributed by atoms with E-state index in [1.807, 2.05) is 19.9 Å². The van der Waals surface area contributed by atoms with Crippen LogP contribution in [0.4, 0.5) is 0 Å². The van der Waals surface area contributed by atoms with E-state index in [2.05, 4.69) is 32.6 Å². The van der Waals surface area contributed by atoms with Gasteiger partial charge in [-0.15, -0.1) is 0 Å². The molecule has 3 N–H and O–H groups in total. The van der Waals surface area contributed by atoms with E-state index >= 15 is 0 Å². The van der Waals surface area contributed by atoms with Gasteiger partial charge in [0.1, 0.15) is 0 Å². The molecule has 3 nitrogen and oxygen atoms in total. The second kappa shape index (κ2) is 10.2. The van der Waals surface area contributed by atoms with Gasteiger partial charge in [0, 0.05) is 6.42 Å². The van der Waals surface area contributed by atoms with Crippen LogP contribution in [0.2, 0.25) is 0 Å². The summed E-state index contributed by atoms with van der Waals surface area (Å²) in [5, 5.41) is 29.8. The van der Waals surface area contributed by atoms with Crippen LogP contribution < -0.4 is 0 Å². The fourth-order valence-electron chi connectivity index (χ4n) is 5.02. The van der Waals surface area contributed by atoms with Gasteiger partial charge in [-0.25, -0.2) is 0 Å². The molecule has 2 rings (SSSR count). The molecular formula is C25H42O3. The first-order valence-electron chi connectivity index (χ1n) is 11.2. The van der Waals surface area contributed by atoms with Crippen molar-refractivity contribution in [1.29, 1.82) is 0 Å². The van der Waals surface area contributed by atoms with Crippen molar-refractivity contribution in [1.82, 2.24) is 0 Å². The summed E-state index contributed by atoms with van der Waals surface area (Å²) in [4.78, 5) is 0. The van der Waals surface area contributed by atoms with E-state index in [9.17, 15) is 15.3 Å². The molecule has 0 spiro atoms. The Labute approximate surface area is 172 Å². The average molecular weight is 391 g/mol. The van der Waals surface area contributed by atoms with Crippen LogP contribution in [0.25, 0.3) is 0 Å². The van der Waals surface area contributed by atoms with Crippen LogP contribution in [0.3, 0.4) is 0 Å². The van der Waals surface area contributed by atoms with E-state index < -0.39 is 17.8 Å². The van der Waals surface area contributed by atoms with Crippen LogP contribution in [0, 0.1) is 23.7 Å². The van der Waals surface area contributed by atoms with E-state index in [0.29, 0.717) is 24.7 Å². The number of hydrogen-bond donors (Lipinski definition) is 3. The smallest absolute Gasteiger partial charge is 0.0811 e. The average Bonchev–Trinajstić information content (AvgIpc) is 2.59. The van der Waals surface area contributed by atoms with Crippen molar-refractivity contribution in [2.45, 2.75) is 96.9 Å². The molecule has 0 saturated heterocycles. The normalized spacial score (nSPS) is 34.9. The van der Waals surface area contributed by atoms with Crippen LogP contribution in [0.1, 0.15) is 79.1 Å². The highest BCUT2D eigenvalue weighted by Gasteiger charge is 2.30. The van der Waals surface area contributed by atoms with Gasteiger partial charge in [-0.3, -0.25) is 0 Å². The number of rotatable bonds is 7. The molecule has 0 aromatic heterocycles. The SMILES string of the molecule is C=C1/C(=C\C=C\[C@@H]2CC[C@H](C)[C@H]([C@@H](C)CCCC(C)(C)O)C2)C[C@@H](O)C[C@@H]1O. The molecule has 0 bridgehead atoms. The van der Waals surface area contributed by atoms with Crippen molar-refractivity contribution in [3.05, 3.63) is 36.0 Å². The van der Waals surface area contributed by atoms with E-state index in [-0.39, 0.29) is 0 Å². The number of allylic oxidation sites excluding steroid dienone is 3. The lowest BCUT2D eigenvalue weighted by atomic mass is 9.68. The van der Waals surface area contributed by atoms with Crippen molar-refractivity contribution >= 4 is 0 Å². The monoisotopic (exact) mass is 390 g/mol. The molecule has 0 unspecified atom stereocenters. The van der Waals surface area contributed by atoms with Gasteiger partial charge in [0.2, 0.25) is 0 Å². The summed E-state index contributed by atoms with van der Waals surface area (Å²) >= 11 is 0.